The molecule has 0 spiro atoms. The van der Waals surface area contributed by atoms with Crippen molar-refractivity contribution < 1.29 is 13.2 Å². The van der Waals surface area contributed by atoms with Gasteiger partial charge in [-0.3, -0.25) is 4.79 Å². The van der Waals surface area contributed by atoms with Crippen LogP contribution in [0.2, 0.25) is 4.34 Å². The van der Waals surface area contributed by atoms with Crippen molar-refractivity contribution in [3.05, 3.63) is 61.4 Å². The molecule has 2 aromatic heterocycles. The summed E-state index contributed by atoms with van der Waals surface area (Å²) in [4.78, 5) is 12.2. The van der Waals surface area contributed by atoms with Crippen molar-refractivity contribution in [2.24, 2.45) is 0 Å². The molecule has 3 nitrogen and oxygen atoms in total. The molecule has 0 atom stereocenters. The van der Waals surface area contributed by atoms with Gasteiger partial charge in [0.25, 0.3) is 5.56 Å². The predicted octanol–water partition coefficient (Wildman–Crippen LogP) is 4.54. The number of hydrogen-bond donors (Lipinski definition) is 1. The van der Waals surface area contributed by atoms with Crippen molar-refractivity contribution in [2.45, 2.75) is 6.92 Å². The summed E-state index contributed by atoms with van der Waals surface area (Å²) in [6.07, 6.45) is 0. The van der Waals surface area contributed by atoms with Gasteiger partial charge in [-0.25, -0.2) is 18.3 Å². The van der Waals surface area contributed by atoms with E-state index in [0.717, 1.165) is 0 Å². The first kappa shape index (κ1) is 15.8. The zero-order valence-electron chi connectivity index (χ0n) is 11.6. The van der Waals surface area contributed by atoms with Gasteiger partial charge in [0.05, 0.1) is 21.2 Å². The molecule has 23 heavy (non-hydrogen) atoms. The number of hydrogen-bond acceptors (Lipinski definition) is 3. The topological polar surface area (TPSA) is 45.8 Å². The van der Waals surface area contributed by atoms with Gasteiger partial charge in [-0.2, -0.15) is 5.10 Å². The summed E-state index contributed by atoms with van der Waals surface area (Å²) in [6.45, 7) is 1.58. The second-order valence-electron chi connectivity index (χ2n) is 4.77. The number of aryl methyl sites for hydroxylation is 1. The summed E-state index contributed by atoms with van der Waals surface area (Å²) in [7, 11) is 0. The molecule has 0 radical (unpaired) electrons. The van der Waals surface area contributed by atoms with Gasteiger partial charge >= 0.3 is 0 Å². The first-order chi connectivity index (χ1) is 10.9. The van der Waals surface area contributed by atoms with Crippen LogP contribution in [0.1, 0.15) is 5.69 Å². The van der Waals surface area contributed by atoms with Crippen molar-refractivity contribution in [1.29, 1.82) is 0 Å². The molecular formula is C15H8ClF3N2OS. The molecule has 3 aromatic rings. The molecule has 1 aromatic carbocycles. The van der Waals surface area contributed by atoms with Crippen molar-refractivity contribution in [3.63, 3.8) is 0 Å². The normalized spacial score (nSPS) is 11.0. The third kappa shape index (κ3) is 2.77. The molecule has 1 N–H and O–H groups in total. The summed E-state index contributed by atoms with van der Waals surface area (Å²) < 4.78 is 41.9. The van der Waals surface area contributed by atoms with E-state index < -0.39 is 28.6 Å². The minimum absolute atomic E-state index is 0.248. The molecule has 0 amide bonds. The van der Waals surface area contributed by atoms with Gasteiger partial charge in [-0.15, -0.1) is 11.3 Å². The SMILES string of the molecule is Cc1n[nH]c(=O)c(-c2c(F)cc(F)cc2F)c1-c1csc(Cl)c1. The van der Waals surface area contributed by atoms with E-state index >= 15 is 0 Å². The Morgan fingerprint density at radius 1 is 1.09 bits per heavy atom. The highest BCUT2D eigenvalue weighted by Crippen LogP contribution is 2.37. The van der Waals surface area contributed by atoms with Gasteiger partial charge in [0, 0.05) is 23.1 Å². The van der Waals surface area contributed by atoms with Crippen molar-refractivity contribution in [2.75, 3.05) is 0 Å². The number of nitrogens with zero attached hydrogens (tertiary/aromatic N) is 1. The Labute approximate surface area is 137 Å². The minimum atomic E-state index is -1.17. The molecule has 8 heteroatoms. The summed E-state index contributed by atoms with van der Waals surface area (Å²) in [5.74, 6) is -3.39. The number of rotatable bonds is 2. The zero-order chi connectivity index (χ0) is 16.7. The van der Waals surface area contributed by atoms with E-state index in [1.807, 2.05) is 0 Å². The van der Waals surface area contributed by atoms with Gasteiger partial charge in [0.1, 0.15) is 17.5 Å². The van der Waals surface area contributed by atoms with Crippen LogP contribution in [0, 0.1) is 24.4 Å². The number of aromatic amines is 1. The van der Waals surface area contributed by atoms with E-state index in [0.29, 0.717) is 27.7 Å². The fraction of sp³-hybridized carbons (Fsp3) is 0.0667. The van der Waals surface area contributed by atoms with Gasteiger partial charge in [-0.1, -0.05) is 11.6 Å². The lowest BCUT2D eigenvalue weighted by Crippen LogP contribution is -2.15. The maximum atomic E-state index is 14.1. The predicted molar refractivity (Wildman–Crippen MR) is 83.2 cm³/mol. The Hall–Kier alpha value is -2.12. The molecule has 3 rings (SSSR count). The van der Waals surface area contributed by atoms with Crippen LogP contribution in [0.25, 0.3) is 22.3 Å². The quantitative estimate of drug-likeness (QED) is 0.732. The summed E-state index contributed by atoms with van der Waals surface area (Å²) in [5.41, 5.74) is -0.512. The highest BCUT2D eigenvalue weighted by Gasteiger charge is 2.23. The highest BCUT2D eigenvalue weighted by atomic mass is 35.5. The third-order valence-corrected chi connectivity index (χ3v) is 4.37. The maximum absolute atomic E-state index is 14.1. The molecule has 0 fully saturated rings. The lowest BCUT2D eigenvalue weighted by atomic mass is 9.96. The standard InChI is InChI=1S/C15H8ClF3N2OS/c1-6-12(7-2-11(16)23-5-7)14(15(22)21-20-6)13-9(18)3-8(17)4-10(13)19/h2-5H,1H3,(H,21,22). The Morgan fingerprint density at radius 2 is 1.74 bits per heavy atom. The lowest BCUT2D eigenvalue weighted by molar-refractivity contribution is 0.547. The van der Waals surface area contributed by atoms with Crippen molar-refractivity contribution >= 4 is 22.9 Å². The molecule has 118 valence electrons. The van der Waals surface area contributed by atoms with E-state index in [9.17, 15) is 18.0 Å². The van der Waals surface area contributed by atoms with Crippen LogP contribution in [0.3, 0.4) is 0 Å². The fourth-order valence-corrected chi connectivity index (χ4v) is 3.23. The lowest BCUT2D eigenvalue weighted by Gasteiger charge is -2.11. The van der Waals surface area contributed by atoms with Gasteiger partial charge in [0.15, 0.2) is 0 Å². The van der Waals surface area contributed by atoms with Crippen LogP contribution in [0.5, 0.6) is 0 Å². The van der Waals surface area contributed by atoms with Gasteiger partial charge < -0.3 is 0 Å². The summed E-state index contributed by atoms with van der Waals surface area (Å²) in [5, 5.41) is 7.67. The van der Waals surface area contributed by atoms with Crippen LogP contribution in [0.15, 0.2) is 28.4 Å². The van der Waals surface area contributed by atoms with Crippen LogP contribution in [-0.2, 0) is 0 Å². The van der Waals surface area contributed by atoms with E-state index in [2.05, 4.69) is 10.2 Å². The van der Waals surface area contributed by atoms with Crippen LogP contribution >= 0.6 is 22.9 Å². The van der Waals surface area contributed by atoms with E-state index in [1.54, 1.807) is 18.4 Å². The van der Waals surface area contributed by atoms with Crippen molar-refractivity contribution in [1.82, 2.24) is 10.2 Å². The smallest absolute Gasteiger partial charge is 0.267 e. The second-order valence-corrected chi connectivity index (χ2v) is 6.31. The summed E-state index contributed by atoms with van der Waals surface area (Å²) >= 11 is 7.10. The largest absolute Gasteiger partial charge is 0.272 e. The van der Waals surface area contributed by atoms with E-state index in [-0.39, 0.29) is 11.1 Å². The first-order valence-electron chi connectivity index (χ1n) is 6.37. The highest BCUT2D eigenvalue weighted by molar-refractivity contribution is 7.14. The average molecular weight is 357 g/mol. The van der Waals surface area contributed by atoms with Gasteiger partial charge in [0.2, 0.25) is 0 Å². The molecule has 0 unspecified atom stereocenters. The fourth-order valence-electron chi connectivity index (χ4n) is 2.35. The van der Waals surface area contributed by atoms with Crippen LogP contribution in [-0.4, -0.2) is 10.2 Å². The summed E-state index contributed by atoms with van der Waals surface area (Å²) in [6, 6.07) is 2.62. The second kappa shape index (κ2) is 5.82. The molecule has 0 aliphatic rings. The zero-order valence-corrected chi connectivity index (χ0v) is 13.2. The third-order valence-electron chi connectivity index (χ3n) is 3.28. The Balaban J connectivity index is 2.41. The number of thiophene rings is 1. The number of H-pyrrole nitrogens is 1. The monoisotopic (exact) mass is 356 g/mol. The Morgan fingerprint density at radius 3 is 2.30 bits per heavy atom. The minimum Gasteiger partial charge on any atom is -0.267 e. The molecule has 0 aliphatic heterocycles. The Kier molecular flexibility index (Phi) is 3.99. The number of benzene rings is 1. The molecule has 0 bridgehead atoms. The first-order valence-corrected chi connectivity index (χ1v) is 7.63. The maximum Gasteiger partial charge on any atom is 0.272 e. The molecule has 0 saturated heterocycles. The van der Waals surface area contributed by atoms with E-state index in [1.165, 1.54) is 11.3 Å². The van der Waals surface area contributed by atoms with Gasteiger partial charge in [-0.05, 0) is 18.6 Å². The molecule has 0 saturated carbocycles. The van der Waals surface area contributed by atoms with Crippen molar-refractivity contribution in [3.8, 4) is 22.3 Å². The van der Waals surface area contributed by atoms with Crippen LogP contribution in [0.4, 0.5) is 13.2 Å². The Bertz CT molecular complexity index is 945. The molecule has 2 heterocycles. The number of aromatic nitrogens is 2. The molecule has 0 aliphatic carbocycles. The number of halogens is 4. The van der Waals surface area contributed by atoms with Crippen LogP contribution < -0.4 is 5.56 Å². The van der Waals surface area contributed by atoms with E-state index in [4.69, 9.17) is 11.6 Å². The average Bonchev–Trinajstić information content (AvgIpc) is 2.88. The number of nitrogens with one attached hydrogen (secondary N) is 1. The molecular weight excluding hydrogens is 349 g/mol.